The van der Waals surface area contributed by atoms with Crippen LogP contribution in [-0.4, -0.2) is 10.4 Å². The Morgan fingerprint density at radius 1 is 1.15 bits per heavy atom. The van der Waals surface area contributed by atoms with Crippen LogP contribution in [0.5, 0.6) is 0 Å². The van der Waals surface area contributed by atoms with Crippen molar-refractivity contribution in [1.29, 1.82) is 0 Å². The van der Waals surface area contributed by atoms with Crippen LogP contribution < -0.4 is 0 Å². The maximum atomic E-state index is 12.3. The molecule has 0 N–H and O–H groups in total. The number of hydrogen-bond acceptors (Lipinski definition) is 3. The van der Waals surface area contributed by atoms with Crippen molar-refractivity contribution in [3.8, 4) is 0 Å². The molecule has 2 aromatic carbocycles. The molecule has 0 spiro atoms. The first-order valence-corrected chi connectivity index (χ1v) is 8.90. The van der Waals surface area contributed by atoms with Crippen molar-refractivity contribution < 1.29 is 4.79 Å². The fourth-order valence-electron chi connectivity index (χ4n) is 2.13. The van der Waals surface area contributed by atoms with Gasteiger partial charge in [0.25, 0.3) is 0 Å². The summed E-state index contributed by atoms with van der Waals surface area (Å²) < 4.78 is 1.24. The number of hydrogen-bond donors (Lipinski definition) is 0. The summed E-state index contributed by atoms with van der Waals surface area (Å²) in [5.74, 6) is 0.209. The summed E-state index contributed by atoms with van der Waals surface area (Å²) in [6.07, 6.45) is 0.569. The number of carbonyl (C=O) groups is 1. The summed E-state index contributed by atoms with van der Waals surface area (Å²) in [6.45, 7) is 2.10. The molecule has 4 heteroatoms. The van der Waals surface area contributed by atoms with Gasteiger partial charge in [-0.25, -0.2) is 0 Å². The van der Waals surface area contributed by atoms with Crippen LogP contribution in [0.15, 0.2) is 56.7 Å². The van der Waals surface area contributed by atoms with E-state index in [1.165, 1.54) is 15.4 Å². The molecule has 0 bridgehead atoms. The molecule has 0 radical (unpaired) electrons. The van der Waals surface area contributed by atoms with Gasteiger partial charge in [-0.1, -0.05) is 34.1 Å². The fourth-order valence-corrected chi connectivity index (χ4v) is 5.42. The summed E-state index contributed by atoms with van der Waals surface area (Å²) in [6, 6.07) is 14.1. The zero-order valence-electron chi connectivity index (χ0n) is 10.9. The number of rotatable bonds is 3. The molecule has 1 aliphatic rings. The van der Waals surface area contributed by atoms with E-state index in [0.29, 0.717) is 11.0 Å². The quantitative estimate of drug-likeness (QED) is 0.664. The first-order valence-electron chi connectivity index (χ1n) is 6.34. The molecule has 0 fully saturated rings. The molecular weight excluding hydrogens is 352 g/mol. The first kappa shape index (κ1) is 14.2. The summed E-state index contributed by atoms with van der Waals surface area (Å²) in [7, 11) is 0. The minimum atomic E-state index is 0.209. The second kappa shape index (κ2) is 5.96. The summed E-state index contributed by atoms with van der Waals surface area (Å²) >= 11 is 7.02. The largest absolute Gasteiger partial charge is 0.294 e. The highest BCUT2D eigenvalue weighted by Crippen LogP contribution is 2.49. The zero-order valence-corrected chi connectivity index (χ0v) is 14.1. The van der Waals surface area contributed by atoms with Gasteiger partial charge in [-0.3, -0.25) is 4.79 Å². The molecule has 1 heterocycles. The Morgan fingerprint density at radius 2 is 1.95 bits per heavy atom. The summed E-state index contributed by atoms with van der Waals surface area (Å²) in [5, 5.41) is 0. The van der Waals surface area contributed by atoms with E-state index < -0.39 is 0 Å². The number of benzene rings is 2. The van der Waals surface area contributed by atoms with Gasteiger partial charge in [-0.15, -0.1) is 23.5 Å². The van der Waals surface area contributed by atoms with Crippen molar-refractivity contribution in [2.24, 2.45) is 0 Å². The molecule has 1 atom stereocenters. The topological polar surface area (TPSA) is 17.1 Å². The Morgan fingerprint density at radius 3 is 2.75 bits per heavy atom. The van der Waals surface area contributed by atoms with Gasteiger partial charge in [-0.2, -0.15) is 0 Å². The van der Waals surface area contributed by atoms with Crippen LogP contribution in [0.25, 0.3) is 0 Å². The van der Waals surface area contributed by atoms with Crippen molar-refractivity contribution >= 4 is 45.2 Å². The molecule has 0 unspecified atom stereocenters. The second-order valence-electron chi connectivity index (χ2n) is 4.75. The van der Waals surface area contributed by atoms with E-state index in [1.807, 2.05) is 36.0 Å². The number of fused-ring (bicyclic) bond motifs is 1. The Hall–Kier alpha value is -0.710. The van der Waals surface area contributed by atoms with Gasteiger partial charge in [0.2, 0.25) is 0 Å². The Labute approximate surface area is 135 Å². The molecule has 0 aliphatic carbocycles. The van der Waals surface area contributed by atoms with E-state index in [0.717, 1.165) is 10.0 Å². The maximum Gasteiger partial charge on any atom is 0.164 e. The third kappa shape index (κ3) is 3.13. The number of halogens is 1. The van der Waals surface area contributed by atoms with Crippen molar-refractivity contribution in [1.82, 2.24) is 0 Å². The molecule has 0 aromatic heterocycles. The fraction of sp³-hybridized carbons (Fsp3) is 0.188. The highest BCUT2D eigenvalue weighted by Gasteiger charge is 2.25. The molecule has 0 saturated carbocycles. The van der Waals surface area contributed by atoms with Crippen LogP contribution >= 0.6 is 39.5 Å². The van der Waals surface area contributed by atoms with Crippen LogP contribution in [-0.2, 0) is 0 Å². The Balaban J connectivity index is 1.70. The van der Waals surface area contributed by atoms with E-state index in [1.54, 1.807) is 11.8 Å². The predicted octanol–water partition coefficient (Wildman–Crippen LogP) is 5.55. The molecule has 0 saturated heterocycles. The van der Waals surface area contributed by atoms with E-state index in [2.05, 4.69) is 41.1 Å². The van der Waals surface area contributed by atoms with Gasteiger partial charge < -0.3 is 0 Å². The first-order chi connectivity index (χ1) is 9.61. The lowest BCUT2D eigenvalue weighted by Gasteiger charge is -2.07. The molecular formula is C16H13BrOS2. The van der Waals surface area contributed by atoms with Crippen molar-refractivity contribution in [3.05, 3.63) is 58.1 Å². The molecule has 0 amide bonds. The molecule has 1 aliphatic heterocycles. The molecule has 1 nitrogen and oxygen atoms in total. The normalized spacial score (nSPS) is 17.0. The van der Waals surface area contributed by atoms with Crippen LogP contribution in [0.1, 0.15) is 22.3 Å². The third-order valence-corrected chi connectivity index (χ3v) is 6.38. The van der Waals surface area contributed by atoms with Gasteiger partial charge in [0.1, 0.15) is 0 Å². The number of thioether (sulfide) groups is 2. The molecule has 3 rings (SSSR count). The number of carbonyl (C=O) groups excluding carboxylic acids is 1. The predicted molar refractivity (Wildman–Crippen MR) is 89.8 cm³/mol. The summed E-state index contributed by atoms with van der Waals surface area (Å²) in [5.41, 5.74) is 2.06. The molecule has 102 valence electrons. The van der Waals surface area contributed by atoms with Crippen molar-refractivity contribution in [2.45, 2.75) is 27.7 Å². The average Bonchev–Trinajstić information content (AvgIpc) is 2.80. The minimum absolute atomic E-state index is 0.209. The summed E-state index contributed by atoms with van der Waals surface area (Å²) in [4.78, 5) is 14.9. The standard InChI is InChI=1S/C16H13BrOS2/c1-10-5-6-14-15(7-10)20-16(19-14)9-13(18)11-3-2-4-12(17)8-11/h2-8,16H,9H2,1H3/t16-/m1/s1. The van der Waals surface area contributed by atoms with Crippen LogP contribution in [0.2, 0.25) is 0 Å². The van der Waals surface area contributed by atoms with Gasteiger partial charge in [0, 0.05) is 26.2 Å². The Bertz CT molecular complexity index is 669. The smallest absolute Gasteiger partial charge is 0.164 e. The average molecular weight is 365 g/mol. The Kier molecular flexibility index (Phi) is 4.24. The third-order valence-electron chi connectivity index (χ3n) is 3.11. The van der Waals surface area contributed by atoms with Gasteiger partial charge >= 0.3 is 0 Å². The lowest BCUT2D eigenvalue weighted by atomic mass is 10.1. The minimum Gasteiger partial charge on any atom is -0.294 e. The number of Topliss-reactive ketones (excluding diaryl/α,β-unsaturated/α-hetero) is 1. The van der Waals surface area contributed by atoms with Gasteiger partial charge in [-0.05, 0) is 36.8 Å². The second-order valence-corrected chi connectivity index (χ2v) is 8.46. The monoisotopic (exact) mass is 364 g/mol. The van der Waals surface area contributed by atoms with Crippen LogP contribution in [0, 0.1) is 6.92 Å². The number of aryl methyl sites for hydroxylation is 1. The van der Waals surface area contributed by atoms with E-state index in [4.69, 9.17) is 0 Å². The van der Waals surface area contributed by atoms with E-state index in [9.17, 15) is 4.79 Å². The lowest BCUT2D eigenvalue weighted by molar-refractivity contribution is 0.0987. The van der Waals surface area contributed by atoms with Crippen LogP contribution in [0.4, 0.5) is 0 Å². The highest BCUT2D eigenvalue weighted by atomic mass is 79.9. The lowest BCUT2D eigenvalue weighted by Crippen LogP contribution is -2.05. The SMILES string of the molecule is Cc1ccc2c(c1)S[C@H](CC(=O)c1cccc(Br)c1)S2. The molecule has 20 heavy (non-hydrogen) atoms. The highest BCUT2D eigenvalue weighted by molar-refractivity contribution is 9.10. The number of ketones is 1. The van der Waals surface area contributed by atoms with Crippen molar-refractivity contribution in [3.63, 3.8) is 0 Å². The molecule has 2 aromatic rings. The van der Waals surface area contributed by atoms with Gasteiger partial charge in [0.15, 0.2) is 5.78 Å². The van der Waals surface area contributed by atoms with E-state index >= 15 is 0 Å². The maximum absolute atomic E-state index is 12.3. The van der Waals surface area contributed by atoms with Crippen LogP contribution in [0.3, 0.4) is 0 Å². The van der Waals surface area contributed by atoms with E-state index in [-0.39, 0.29) is 5.78 Å². The van der Waals surface area contributed by atoms with Crippen molar-refractivity contribution in [2.75, 3.05) is 0 Å². The zero-order chi connectivity index (χ0) is 14.1. The van der Waals surface area contributed by atoms with Gasteiger partial charge in [0.05, 0.1) is 4.58 Å².